The van der Waals surface area contributed by atoms with Crippen LogP contribution in [0.1, 0.15) is 10.4 Å². The van der Waals surface area contributed by atoms with Crippen LogP contribution in [0.2, 0.25) is 0 Å². The summed E-state index contributed by atoms with van der Waals surface area (Å²) >= 11 is 0. The quantitative estimate of drug-likeness (QED) is 0.405. The molecule has 4 nitrogen and oxygen atoms in total. The van der Waals surface area contributed by atoms with Crippen LogP contribution in [0.3, 0.4) is 0 Å². The summed E-state index contributed by atoms with van der Waals surface area (Å²) in [5, 5.41) is 14.2. The second-order valence-electron chi connectivity index (χ2n) is 5.13. The molecule has 1 radical (unpaired) electrons. The zero-order valence-corrected chi connectivity index (χ0v) is 14.0. The molecule has 2 aromatic carbocycles. The van der Waals surface area contributed by atoms with E-state index in [1.165, 1.54) is 24.3 Å². The number of Topliss-reactive ketones (excluding diaryl/α,β-unsaturated/α-hetero) is 1. The van der Waals surface area contributed by atoms with Crippen LogP contribution in [0.25, 0.3) is 16.9 Å². The number of nitrogens with zero attached hydrogens (tertiary/aromatic N) is 2. The first-order valence-electron chi connectivity index (χ1n) is 7.04. The summed E-state index contributed by atoms with van der Waals surface area (Å²) in [5.41, 5.74) is -1.03. The monoisotopic (exact) mass is 405 g/mol. The fourth-order valence-corrected chi connectivity index (χ4v) is 2.32. The summed E-state index contributed by atoms with van der Waals surface area (Å²) in [4.78, 5) is 11.8. The Morgan fingerprint density at radius 3 is 2.12 bits per heavy atom. The van der Waals surface area contributed by atoms with Crippen molar-refractivity contribution in [3.63, 3.8) is 0 Å². The minimum atomic E-state index is -5.20. The number of hydrogen-bond donors (Lipinski definition) is 1. The Kier molecular flexibility index (Phi) is 5.53. The van der Waals surface area contributed by atoms with Crippen molar-refractivity contribution in [2.75, 3.05) is 0 Å². The van der Waals surface area contributed by atoms with Gasteiger partial charge in [0.05, 0.1) is 5.69 Å². The normalized spacial score (nSPS) is 11.1. The van der Waals surface area contributed by atoms with Crippen molar-refractivity contribution in [2.24, 2.45) is 0 Å². The van der Waals surface area contributed by atoms with Gasteiger partial charge in [0.15, 0.2) is 0 Å². The standard InChI is InChI=1S/C17H10F4N2O2.Mn/c18-11-8-6-10(7-9-11)14-13(15(24)17(19,20)21)16(25)23(22-14)12-4-2-1-3-5-12;/h1-9,25H;. The molecular formula is C17H10F4MnN2O2. The number of ketones is 1. The number of hydrogen-bond acceptors (Lipinski definition) is 3. The maximum atomic E-state index is 13.1. The molecule has 0 amide bonds. The molecule has 0 saturated heterocycles. The number of rotatable bonds is 3. The molecule has 1 heterocycles. The number of aromatic hydroxyl groups is 1. The van der Waals surface area contributed by atoms with E-state index in [9.17, 15) is 27.5 Å². The second kappa shape index (κ2) is 7.31. The fourth-order valence-electron chi connectivity index (χ4n) is 2.32. The fraction of sp³-hybridized carbons (Fsp3) is 0.0588. The summed E-state index contributed by atoms with van der Waals surface area (Å²) in [6, 6.07) is 12.3. The number of carbonyl (C=O) groups is 1. The van der Waals surface area contributed by atoms with Crippen LogP contribution < -0.4 is 0 Å². The van der Waals surface area contributed by atoms with Gasteiger partial charge < -0.3 is 5.11 Å². The van der Waals surface area contributed by atoms with Crippen LogP contribution in [-0.2, 0) is 17.1 Å². The molecule has 0 atom stereocenters. The van der Waals surface area contributed by atoms with E-state index in [2.05, 4.69) is 5.10 Å². The third-order valence-corrected chi connectivity index (χ3v) is 3.46. The molecular weight excluding hydrogens is 395 g/mol. The first-order chi connectivity index (χ1) is 11.8. The predicted molar refractivity (Wildman–Crippen MR) is 81.0 cm³/mol. The van der Waals surface area contributed by atoms with E-state index >= 15 is 0 Å². The van der Waals surface area contributed by atoms with Crippen LogP contribution in [0.15, 0.2) is 54.6 Å². The van der Waals surface area contributed by atoms with Crippen LogP contribution in [0.5, 0.6) is 5.88 Å². The molecule has 9 heteroatoms. The molecule has 0 aliphatic heterocycles. The van der Waals surface area contributed by atoms with Gasteiger partial charge in [-0.1, -0.05) is 18.2 Å². The zero-order chi connectivity index (χ0) is 18.2. The van der Waals surface area contributed by atoms with Crippen molar-refractivity contribution in [2.45, 2.75) is 6.18 Å². The number of alkyl halides is 3. The van der Waals surface area contributed by atoms with E-state index in [4.69, 9.17) is 0 Å². The van der Waals surface area contributed by atoms with Gasteiger partial charge in [-0.3, -0.25) is 4.79 Å². The van der Waals surface area contributed by atoms with Crippen LogP contribution in [-0.4, -0.2) is 26.8 Å². The maximum absolute atomic E-state index is 13.1. The Hall–Kier alpha value is -2.64. The van der Waals surface area contributed by atoms with E-state index in [1.54, 1.807) is 18.2 Å². The van der Waals surface area contributed by atoms with E-state index in [-0.39, 0.29) is 34.0 Å². The summed E-state index contributed by atoms with van der Waals surface area (Å²) in [6.07, 6.45) is -5.20. The zero-order valence-electron chi connectivity index (χ0n) is 12.8. The summed E-state index contributed by atoms with van der Waals surface area (Å²) in [7, 11) is 0. The van der Waals surface area contributed by atoms with Crippen molar-refractivity contribution in [3.05, 3.63) is 66.0 Å². The Morgan fingerprint density at radius 1 is 1.00 bits per heavy atom. The van der Waals surface area contributed by atoms with Gasteiger partial charge in [-0.15, -0.1) is 0 Å². The van der Waals surface area contributed by atoms with Crippen LogP contribution in [0.4, 0.5) is 17.6 Å². The van der Waals surface area contributed by atoms with Crippen molar-refractivity contribution >= 4 is 5.78 Å². The maximum Gasteiger partial charge on any atom is 0.455 e. The molecule has 3 aromatic rings. The number of halogens is 4. The Bertz CT molecular complexity index is 922. The second-order valence-corrected chi connectivity index (χ2v) is 5.13. The Morgan fingerprint density at radius 2 is 1.58 bits per heavy atom. The van der Waals surface area contributed by atoms with Crippen molar-refractivity contribution in [1.82, 2.24) is 9.78 Å². The largest absolute Gasteiger partial charge is 0.493 e. The van der Waals surface area contributed by atoms with E-state index < -0.39 is 29.2 Å². The molecule has 0 fully saturated rings. The van der Waals surface area contributed by atoms with Crippen LogP contribution in [0, 0.1) is 5.82 Å². The van der Waals surface area contributed by atoms with E-state index in [1.807, 2.05) is 0 Å². The van der Waals surface area contributed by atoms with Gasteiger partial charge >= 0.3 is 6.18 Å². The molecule has 1 aromatic heterocycles. The Balaban J connectivity index is 0.00000243. The third kappa shape index (κ3) is 3.63. The first kappa shape index (κ1) is 19.7. The smallest absolute Gasteiger partial charge is 0.455 e. The van der Waals surface area contributed by atoms with Crippen molar-refractivity contribution in [1.29, 1.82) is 0 Å². The minimum absolute atomic E-state index is 0. The topological polar surface area (TPSA) is 55.1 Å². The van der Waals surface area contributed by atoms with Gasteiger partial charge in [0.1, 0.15) is 17.1 Å². The minimum Gasteiger partial charge on any atom is -0.493 e. The number of benzene rings is 2. The SMILES string of the molecule is O=C(c1c(-c2ccc(F)cc2)nn(-c2ccccc2)c1O)C(F)(F)F.[Mn]. The third-order valence-electron chi connectivity index (χ3n) is 3.46. The molecule has 0 aliphatic carbocycles. The summed E-state index contributed by atoms with van der Waals surface area (Å²) in [6.45, 7) is 0. The summed E-state index contributed by atoms with van der Waals surface area (Å²) in [5.74, 6) is -3.77. The van der Waals surface area contributed by atoms with Crippen molar-refractivity contribution < 1.29 is 44.5 Å². The molecule has 0 saturated carbocycles. The molecule has 135 valence electrons. The molecule has 0 aliphatic rings. The van der Waals surface area contributed by atoms with Crippen LogP contribution >= 0.6 is 0 Å². The predicted octanol–water partition coefficient (Wildman–Crippen LogP) is 4.13. The molecule has 1 N–H and O–H groups in total. The van der Waals surface area contributed by atoms with E-state index in [0.29, 0.717) is 0 Å². The molecule has 0 spiro atoms. The molecule has 26 heavy (non-hydrogen) atoms. The first-order valence-corrected chi connectivity index (χ1v) is 7.04. The Labute approximate surface area is 155 Å². The molecule has 0 bridgehead atoms. The molecule has 0 unspecified atom stereocenters. The van der Waals surface area contributed by atoms with Gasteiger partial charge in [0.25, 0.3) is 5.78 Å². The summed E-state index contributed by atoms with van der Waals surface area (Å²) < 4.78 is 52.7. The van der Waals surface area contributed by atoms with Gasteiger partial charge in [0.2, 0.25) is 5.88 Å². The number of para-hydroxylation sites is 1. The molecule has 3 rings (SSSR count). The van der Waals surface area contributed by atoms with Gasteiger partial charge in [-0.05, 0) is 36.4 Å². The van der Waals surface area contributed by atoms with Crippen molar-refractivity contribution in [3.8, 4) is 22.8 Å². The van der Waals surface area contributed by atoms with Gasteiger partial charge in [0, 0.05) is 22.6 Å². The average molecular weight is 405 g/mol. The van der Waals surface area contributed by atoms with Gasteiger partial charge in [-0.25, -0.2) is 4.39 Å². The van der Waals surface area contributed by atoms with E-state index in [0.717, 1.165) is 16.8 Å². The van der Waals surface area contributed by atoms with Gasteiger partial charge in [-0.2, -0.15) is 23.0 Å². The average Bonchev–Trinajstić information content (AvgIpc) is 2.92. The number of aromatic nitrogens is 2. The number of carbonyl (C=O) groups excluding carboxylic acids is 1.